The number of carbonyl (C=O) groups is 2. The van der Waals surface area contributed by atoms with Crippen molar-refractivity contribution in [2.24, 2.45) is 0 Å². The number of hydrogen-bond donors (Lipinski definition) is 2. The number of hydrogen-bond acceptors (Lipinski definition) is 3. The van der Waals surface area contributed by atoms with Crippen LogP contribution in [-0.4, -0.2) is 45.8 Å². The lowest BCUT2D eigenvalue weighted by Crippen LogP contribution is -2.47. The molecule has 3 amide bonds. The second kappa shape index (κ2) is 9.43. The number of urea groups is 1. The SMILES string of the molecule is CCCCNC(=O)N(CC(=O)Nc1cc(C(C)(C)C)nn1C(C)(C)C)C(C)C. The molecule has 0 fully saturated rings. The Hall–Kier alpha value is -2.05. The molecule has 0 bridgehead atoms. The first-order valence-corrected chi connectivity index (χ1v) is 10.2. The molecule has 0 unspecified atom stereocenters. The molecule has 0 spiro atoms. The maximum atomic E-state index is 12.7. The van der Waals surface area contributed by atoms with E-state index in [1.165, 1.54) is 0 Å². The van der Waals surface area contributed by atoms with Crippen LogP contribution >= 0.6 is 0 Å². The van der Waals surface area contributed by atoms with Gasteiger partial charge in [-0.15, -0.1) is 0 Å². The minimum Gasteiger partial charge on any atom is -0.338 e. The second-order valence-corrected chi connectivity index (χ2v) is 9.60. The molecule has 1 aromatic rings. The quantitative estimate of drug-likeness (QED) is 0.685. The number of nitrogens with zero attached hydrogens (tertiary/aromatic N) is 3. The monoisotopic (exact) mass is 393 g/mol. The van der Waals surface area contributed by atoms with Crippen molar-refractivity contribution in [3.05, 3.63) is 11.8 Å². The summed E-state index contributed by atoms with van der Waals surface area (Å²) in [5, 5.41) is 10.6. The summed E-state index contributed by atoms with van der Waals surface area (Å²) in [6, 6.07) is 1.63. The van der Waals surface area contributed by atoms with E-state index in [-0.39, 0.29) is 35.5 Å². The standard InChI is InChI=1S/C21H39N5O2/c1-10-11-12-22-19(28)25(15(2)3)14-18(27)23-17-13-16(20(4,5)6)24-26(17)21(7,8)9/h13,15H,10-12,14H2,1-9H3,(H,22,28)(H,23,27). The van der Waals surface area contributed by atoms with Crippen LogP contribution < -0.4 is 10.6 Å². The highest BCUT2D eigenvalue weighted by Gasteiger charge is 2.27. The molecule has 1 aromatic heterocycles. The van der Waals surface area contributed by atoms with Crippen LogP contribution in [0.2, 0.25) is 0 Å². The Labute approximate surface area is 170 Å². The van der Waals surface area contributed by atoms with Crippen LogP contribution in [0.3, 0.4) is 0 Å². The van der Waals surface area contributed by atoms with Gasteiger partial charge in [0.05, 0.1) is 11.2 Å². The summed E-state index contributed by atoms with van der Waals surface area (Å²) in [6.07, 6.45) is 1.93. The van der Waals surface area contributed by atoms with Gasteiger partial charge in [0.2, 0.25) is 5.91 Å². The topological polar surface area (TPSA) is 79.3 Å². The molecule has 0 saturated heterocycles. The fraction of sp³-hybridized carbons (Fsp3) is 0.762. The highest BCUT2D eigenvalue weighted by Crippen LogP contribution is 2.28. The van der Waals surface area contributed by atoms with E-state index in [0.717, 1.165) is 18.5 Å². The van der Waals surface area contributed by atoms with Crippen LogP contribution in [0.1, 0.15) is 80.8 Å². The molecule has 0 aromatic carbocycles. The zero-order valence-corrected chi connectivity index (χ0v) is 19.1. The molecular formula is C21H39N5O2. The van der Waals surface area contributed by atoms with Crippen molar-refractivity contribution in [1.82, 2.24) is 20.0 Å². The summed E-state index contributed by atoms with van der Waals surface area (Å²) in [5.41, 5.74) is 0.510. The van der Waals surface area contributed by atoms with Gasteiger partial charge in [-0.25, -0.2) is 9.48 Å². The van der Waals surface area contributed by atoms with Gasteiger partial charge in [-0.3, -0.25) is 4.79 Å². The lowest BCUT2D eigenvalue weighted by molar-refractivity contribution is -0.117. The van der Waals surface area contributed by atoms with Crippen LogP contribution in [0.15, 0.2) is 6.07 Å². The summed E-state index contributed by atoms with van der Waals surface area (Å²) < 4.78 is 1.84. The third kappa shape index (κ3) is 6.84. The van der Waals surface area contributed by atoms with E-state index in [2.05, 4.69) is 38.3 Å². The van der Waals surface area contributed by atoms with E-state index in [1.54, 1.807) is 4.90 Å². The van der Waals surface area contributed by atoms with Gasteiger partial charge in [0.1, 0.15) is 12.4 Å². The second-order valence-electron chi connectivity index (χ2n) is 9.60. The van der Waals surface area contributed by atoms with E-state index in [1.807, 2.05) is 45.4 Å². The molecule has 0 aliphatic carbocycles. The Balaban J connectivity index is 2.96. The Morgan fingerprint density at radius 2 is 1.79 bits per heavy atom. The number of amides is 3. The van der Waals surface area contributed by atoms with Crippen molar-refractivity contribution in [2.75, 3.05) is 18.4 Å². The largest absolute Gasteiger partial charge is 0.338 e. The zero-order chi connectivity index (χ0) is 21.7. The number of rotatable bonds is 7. The molecule has 0 radical (unpaired) electrons. The predicted molar refractivity (Wildman–Crippen MR) is 115 cm³/mol. The highest BCUT2D eigenvalue weighted by atomic mass is 16.2. The molecule has 0 aliphatic heterocycles. The van der Waals surface area contributed by atoms with Crippen molar-refractivity contribution in [3.63, 3.8) is 0 Å². The Morgan fingerprint density at radius 3 is 2.25 bits per heavy atom. The third-order valence-corrected chi connectivity index (χ3v) is 4.39. The van der Waals surface area contributed by atoms with E-state index in [4.69, 9.17) is 5.10 Å². The first-order chi connectivity index (χ1) is 12.8. The fourth-order valence-electron chi connectivity index (χ4n) is 2.65. The van der Waals surface area contributed by atoms with E-state index in [0.29, 0.717) is 12.4 Å². The molecule has 0 aliphatic rings. The number of aromatic nitrogens is 2. The lowest BCUT2D eigenvalue weighted by atomic mass is 9.92. The molecule has 0 atom stereocenters. The number of nitrogens with one attached hydrogen (secondary N) is 2. The molecule has 2 N–H and O–H groups in total. The van der Waals surface area contributed by atoms with Gasteiger partial charge in [0, 0.05) is 24.1 Å². The summed E-state index contributed by atoms with van der Waals surface area (Å²) in [5.74, 6) is 0.419. The van der Waals surface area contributed by atoms with Gasteiger partial charge in [0.15, 0.2) is 0 Å². The number of carbonyl (C=O) groups excluding carboxylic acids is 2. The van der Waals surface area contributed by atoms with Crippen LogP contribution in [0, 0.1) is 0 Å². The summed E-state index contributed by atoms with van der Waals surface area (Å²) in [6.45, 7) is 18.9. The lowest BCUT2D eigenvalue weighted by Gasteiger charge is -2.27. The van der Waals surface area contributed by atoms with Crippen LogP contribution in [0.4, 0.5) is 10.6 Å². The Morgan fingerprint density at radius 1 is 1.18 bits per heavy atom. The number of unbranched alkanes of at least 4 members (excludes halogenated alkanes) is 1. The Kier molecular flexibility index (Phi) is 8.08. The van der Waals surface area contributed by atoms with Crippen molar-refractivity contribution in [2.45, 2.75) is 92.2 Å². The van der Waals surface area contributed by atoms with Gasteiger partial charge >= 0.3 is 6.03 Å². The van der Waals surface area contributed by atoms with Gasteiger partial charge in [-0.2, -0.15) is 5.10 Å². The first-order valence-electron chi connectivity index (χ1n) is 10.2. The fourth-order valence-corrected chi connectivity index (χ4v) is 2.65. The van der Waals surface area contributed by atoms with Gasteiger partial charge in [-0.05, 0) is 41.0 Å². The average molecular weight is 394 g/mol. The van der Waals surface area contributed by atoms with Gasteiger partial charge < -0.3 is 15.5 Å². The van der Waals surface area contributed by atoms with Crippen LogP contribution in [-0.2, 0) is 15.7 Å². The number of anilines is 1. The summed E-state index contributed by atoms with van der Waals surface area (Å²) in [7, 11) is 0. The zero-order valence-electron chi connectivity index (χ0n) is 19.1. The van der Waals surface area contributed by atoms with E-state index in [9.17, 15) is 9.59 Å². The smallest absolute Gasteiger partial charge is 0.318 e. The molecular weight excluding hydrogens is 354 g/mol. The highest BCUT2D eigenvalue weighted by molar-refractivity contribution is 5.93. The molecule has 1 rings (SSSR count). The van der Waals surface area contributed by atoms with Gasteiger partial charge in [-0.1, -0.05) is 34.1 Å². The third-order valence-electron chi connectivity index (χ3n) is 4.39. The maximum Gasteiger partial charge on any atom is 0.318 e. The first kappa shape index (κ1) is 24.0. The van der Waals surface area contributed by atoms with E-state index >= 15 is 0 Å². The minimum absolute atomic E-state index is 0.00417. The molecule has 28 heavy (non-hydrogen) atoms. The Bertz CT molecular complexity index is 665. The van der Waals surface area contributed by atoms with Crippen molar-refractivity contribution in [3.8, 4) is 0 Å². The molecule has 0 saturated carbocycles. The minimum atomic E-state index is -0.276. The van der Waals surface area contributed by atoms with Crippen molar-refractivity contribution >= 4 is 17.8 Å². The average Bonchev–Trinajstić information content (AvgIpc) is 2.96. The van der Waals surface area contributed by atoms with Crippen molar-refractivity contribution in [1.29, 1.82) is 0 Å². The van der Waals surface area contributed by atoms with Crippen LogP contribution in [0.5, 0.6) is 0 Å². The maximum absolute atomic E-state index is 12.7. The predicted octanol–water partition coefficient (Wildman–Crippen LogP) is 4.09. The molecule has 1 heterocycles. The van der Waals surface area contributed by atoms with Gasteiger partial charge in [0.25, 0.3) is 0 Å². The van der Waals surface area contributed by atoms with Crippen LogP contribution in [0.25, 0.3) is 0 Å². The summed E-state index contributed by atoms with van der Waals surface area (Å²) in [4.78, 5) is 26.7. The summed E-state index contributed by atoms with van der Waals surface area (Å²) >= 11 is 0. The van der Waals surface area contributed by atoms with E-state index < -0.39 is 0 Å². The molecule has 7 nitrogen and oxygen atoms in total. The van der Waals surface area contributed by atoms with Crippen molar-refractivity contribution < 1.29 is 9.59 Å². The normalized spacial score (nSPS) is 12.2. The molecule has 160 valence electrons. The molecule has 7 heteroatoms.